The van der Waals surface area contributed by atoms with Crippen LogP contribution >= 0.6 is 0 Å². The molecule has 2 aliphatic carbocycles. The second-order valence-electron chi connectivity index (χ2n) is 5.93. The van der Waals surface area contributed by atoms with Gasteiger partial charge < -0.3 is 9.84 Å². The van der Waals surface area contributed by atoms with Crippen LogP contribution in [-0.2, 0) is 9.53 Å². The zero-order chi connectivity index (χ0) is 11.4. The molecular weight excluding hydrogens is 192 g/mol. The average Bonchev–Trinajstić information content (AvgIpc) is 2.52. The van der Waals surface area contributed by atoms with E-state index < -0.39 is 5.60 Å². The van der Waals surface area contributed by atoms with Gasteiger partial charge in [-0.3, -0.25) is 4.79 Å². The van der Waals surface area contributed by atoms with Crippen molar-refractivity contribution in [3.8, 4) is 0 Å². The van der Waals surface area contributed by atoms with Crippen molar-refractivity contribution in [1.82, 2.24) is 0 Å². The fourth-order valence-corrected chi connectivity index (χ4v) is 3.17. The quantitative estimate of drug-likeness (QED) is 0.673. The van der Waals surface area contributed by atoms with Gasteiger partial charge in [0.1, 0.15) is 6.10 Å². The van der Waals surface area contributed by atoms with Gasteiger partial charge in [0.2, 0.25) is 0 Å². The van der Waals surface area contributed by atoms with Gasteiger partial charge in [-0.05, 0) is 37.0 Å². The molecule has 0 aliphatic heterocycles. The van der Waals surface area contributed by atoms with Gasteiger partial charge in [-0.1, -0.05) is 13.8 Å². The first kappa shape index (κ1) is 10.9. The van der Waals surface area contributed by atoms with Crippen LogP contribution in [0.25, 0.3) is 0 Å². The molecule has 0 spiro atoms. The summed E-state index contributed by atoms with van der Waals surface area (Å²) in [7, 11) is 0. The first-order valence-electron chi connectivity index (χ1n) is 5.65. The van der Waals surface area contributed by atoms with Crippen LogP contribution in [-0.4, -0.2) is 22.8 Å². The van der Waals surface area contributed by atoms with E-state index >= 15 is 0 Å². The van der Waals surface area contributed by atoms with Crippen LogP contribution < -0.4 is 0 Å². The van der Waals surface area contributed by atoms with Gasteiger partial charge >= 0.3 is 5.97 Å². The van der Waals surface area contributed by atoms with Gasteiger partial charge in [-0.15, -0.1) is 0 Å². The molecule has 0 radical (unpaired) electrons. The van der Waals surface area contributed by atoms with Crippen molar-refractivity contribution >= 4 is 5.97 Å². The summed E-state index contributed by atoms with van der Waals surface area (Å²) in [6, 6.07) is 0. The second-order valence-corrected chi connectivity index (χ2v) is 5.93. The predicted molar refractivity (Wildman–Crippen MR) is 56.2 cm³/mol. The number of rotatable bonds is 1. The standard InChI is InChI=1S/C12H20O3/c1-7(13)15-10-5-8-9(11(8,2)3)6-12(10,4)14/h8-10,14H,5-6H2,1-4H3. The maximum absolute atomic E-state index is 10.9. The summed E-state index contributed by atoms with van der Waals surface area (Å²) in [5.41, 5.74) is -0.528. The van der Waals surface area contributed by atoms with E-state index in [0.717, 1.165) is 12.8 Å². The number of esters is 1. The molecule has 2 rings (SSSR count). The number of fused-ring (bicyclic) bond motifs is 1. The lowest BCUT2D eigenvalue weighted by atomic mass is 9.84. The monoisotopic (exact) mass is 212 g/mol. The predicted octanol–water partition coefficient (Wildman–Crippen LogP) is 1.74. The number of carbonyl (C=O) groups excluding carboxylic acids is 1. The molecule has 15 heavy (non-hydrogen) atoms. The Morgan fingerprint density at radius 1 is 1.33 bits per heavy atom. The van der Waals surface area contributed by atoms with Gasteiger partial charge in [-0.2, -0.15) is 0 Å². The van der Waals surface area contributed by atoms with Crippen LogP contribution in [0.5, 0.6) is 0 Å². The smallest absolute Gasteiger partial charge is 0.303 e. The van der Waals surface area contributed by atoms with E-state index in [9.17, 15) is 9.90 Å². The van der Waals surface area contributed by atoms with Crippen molar-refractivity contribution in [2.75, 3.05) is 0 Å². The molecule has 2 saturated carbocycles. The summed E-state index contributed by atoms with van der Waals surface area (Å²) >= 11 is 0. The molecular formula is C12H20O3. The second kappa shape index (κ2) is 2.97. The maximum Gasteiger partial charge on any atom is 0.303 e. The third kappa shape index (κ3) is 1.67. The molecule has 0 heterocycles. The van der Waals surface area contributed by atoms with E-state index in [1.807, 2.05) is 0 Å². The number of hydrogen-bond donors (Lipinski definition) is 1. The molecule has 0 aromatic rings. The van der Waals surface area contributed by atoms with Gasteiger partial charge in [0.05, 0.1) is 5.60 Å². The number of carbonyl (C=O) groups is 1. The average molecular weight is 212 g/mol. The highest BCUT2D eigenvalue weighted by atomic mass is 16.6. The van der Waals surface area contributed by atoms with E-state index in [0.29, 0.717) is 17.3 Å². The first-order chi connectivity index (χ1) is 6.75. The molecule has 4 unspecified atom stereocenters. The number of aliphatic hydroxyl groups is 1. The van der Waals surface area contributed by atoms with Crippen molar-refractivity contribution in [2.24, 2.45) is 17.3 Å². The van der Waals surface area contributed by atoms with Crippen LogP contribution in [0, 0.1) is 17.3 Å². The SMILES string of the molecule is CC(=O)OC1CC2C(CC1(C)O)C2(C)C. The van der Waals surface area contributed by atoms with Crippen molar-refractivity contribution in [3.05, 3.63) is 0 Å². The molecule has 2 fully saturated rings. The van der Waals surface area contributed by atoms with Crippen molar-refractivity contribution in [2.45, 2.75) is 52.2 Å². The Balaban J connectivity index is 2.10. The summed E-state index contributed by atoms with van der Waals surface area (Å²) < 4.78 is 5.21. The zero-order valence-corrected chi connectivity index (χ0v) is 9.91. The van der Waals surface area contributed by atoms with Crippen LogP contribution in [0.3, 0.4) is 0 Å². The number of hydrogen-bond acceptors (Lipinski definition) is 3. The molecule has 86 valence electrons. The maximum atomic E-state index is 10.9. The molecule has 0 aromatic carbocycles. The van der Waals surface area contributed by atoms with Gasteiger partial charge in [0, 0.05) is 6.92 Å². The van der Waals surface area contributed by atoms with Gasteiger partial charge in [0.25, 0.3) is 0 Å². The molecule has 3 heteroatoms. The highest BCUT2D eigenvalue weighted by Crippen LogP contribution is 2.66. The molecule has 0 saturated heterocycles. The highest BCUT2D eigenvalue weighted by molar-refractivity contribution is 5.66. The molecule has 3 nitrogen and oxygen atoms in total. The highest BCUT2D eigenvalue weighted by Gasteiger charge is 2.64. The van der Waals surface area contributed by atoms with Crippen LogP contribution in [0.2, 0.25) is 0 Å². The normalized spacial score (nSPS) is 46.9. The van der Waals surface area contributed by atoms with Crippen molar-refractivity contribution < 1.29 is 14.6 Å². The van der Waals surface area contributed by atoms with E-state index in [-0.39, 0.29) is 12.1 Å². The van der Waals surface area contributed by atoms with Crippen molar-refractivity contribution in [1.29, 1.82) is 0 Å². The fraction of sp³-hybridized carbons (Fsp3) is 0.917. The Morgan fingerprint density at radius 2 is 1.93 bits per heavy atom. The molecule has 2 aliphatic rings. The largest absolute Gasteiger partial charge is 0.459 e. The number of ether oxygens (including phenoxy) is 1. The summed E-state index contributed by atoms with van der Waals surface area (Å²) in [6.45, 7) is 7.65. The summed E-state index contributed by atoms with van der Waals surface area (Å²) in [5, 5.41) is 10.2. The molecule has 1 N–H and O–H groups in total. The lowest BCUT2D eigenvalue weighted by molar-refractivity contribution is -0.166. The van der Waals surface area contributed by atoms with Crippen molar-refractivity contribution in [3.63, 3.8) is 0 Å². The lowest BCUT2D eigenvalue weighted by Crippen LogP contribution is -2.45. The fourth-order valence-electron chi connectivity index (χ4n) is 3.17. The third-order valence-corrected chi connectivity index (χ3v) is 4.39. The lowest BCUT2D eigenvalue weighted by Gasteiger charge is -2.35. The van der Waals surface area contributed by atoms with E-state index in [1.165, 1.54) is 6.92 Å². The molecule has 0 aromatic heterocycles. The zero-order valence-electron chi connectivity index (χ0n) is 9.91. The summed E-state index contributed by atoms with van der Waals surface area (Å²) in [6.07, 6.45) is 1.24. The van der Waals surface area contributed by atoms with Gasteiger partial charge in [0.15, 0.2) is 0 Å². The Morgan fingerprint density at radius 3 is 2.47 bits per heavy atom. The van der Waals surface area contributed by atoms with E-state index in [1.54, 1.807) is 6.92 Å². The Hall–Kier alpha value is -0.570. The Labute approximate surface area is 90.8 Å². The Bertz CT molecular complexity index is 293. The molecule has 4 atom stereocenters. The third-order valence-electron chi connectivity index (χ3n) is 4.39. The molecule has 0 bridgehead atoms. The Kier molecular flexibility index (Phi) is 2.16. The topological polar surface area (TPSA) is 46.5 Å². The van der Waals surface area contributed by atoms with E-state index in [4.69, 9.17) is 4.74 Å². The summed E-state index contributed by atoms with van der Waals surface area (Å²) in [4.78, 5) is 10.9. The minimum Gasteiger partial charge on any atom is -0.459 e. The molecule has 0 amide bonds. The first-order valence-corrected chi connectivity index (χ1v) is 5.65. The minimum atomic E-state index is -0.847. The minimum absolute atomic E-state index is 0.294. The summed E-state index contributed by atoms with van der Waals surface area (Å²) in [5.74, 6) is 0.915. The van der Waals surface area contributed by atoms with Gasteiger partial charge in [-0.25, -0.2) is 0 Å². The van der Waals surface area contributed by atoms with Crippen LogP contribution in [0.1, 0.15) is 40.5 Å². The van der Waals surface area contributed by atoms with E-state index in [2.05, 4.69) is 13.8 Å². The van der Waals surface area contributed by atoms with Crippen LogP contribution in [0.15, 0.2) is 0 Å². The van der Waals surface area contributed by atoms with Crippen LogP contribution in [0.4, 0.5) is 0 Å².